The molecule has 2 aliphatic heterocycles. The molecule has 1 atom stereocenters. The normalized spacial score (nSPS) is 35.2. The number of piperidine rings is 2. The van der Waals surface area contributed by atoms with Crippen molar-refractivity contribution < 1.29 is 0 Å². The van der Waals surface area contributed by atoms with Gasteiger partial charge in [-0.2, -0.15) is 0 Å². The topological polar surface area (TPSA) is 6.48 Å². The molecule has 1 spiro atoms. The Morgan fingerprint density at radius 2 is 1.67 bits per heavy atom. The zero-order chi connectivity index (χ0) is 10.9. The predicted molar refractivity (Wildman–Crippen MR) is 65.1 cm³/mol. The molecule has 0 radical (unpaired) electrons. The molecule has 0 N–H and O–H groups in total. The van der Waals surface area contributed by atoms with Crippen LogP contribution in [0.5, 0.6) is 0 Å². The third kappa shape index (κ3) is 2.54. The molecule has 2 heteroatoms. The van der Waals surface area contributed by atoms with Gasteiger partial charge in [-0.3, -0.25) is 0 Å². The van der Waals surface area contributed by atoms with E-state index in [9.17, 15) is 0 Å². The Morgan fingerprint density at radius 3 is 2.27 bits per heavy atom. The highest BCUT2D eigenvalue weighted by atomic mass is 15.2. The van der Waals surface area contributed by atoms with Gasteiger partial charge in [-0.1, -0.05) is 0 Å². The van der Waals surface area contributed by atoms with Gasteiger partial charge in [0.25, 0.3) is 0 Å². The van der Waals surface area contributed by atoms with E-state index in [-0.39, 0.29) is 0 Å². The Bertz CT molecular complexity index is 211. The van der Waals surface area contributed by atoms with Gasteiger partial charge in [0.1, 0.15) is 0 Å². The SMILES string of the molecule is CC(C)N1CCCC2(CCCN(C)C2)C1. The van der Waals surface area contributed by atoms with E-state index in [1.54, 1.807) is 0 Å². The Labute approximate surface area is 94.6 Å². The van der Waals surface area contributed by atoms with Crippen molar-refractivity contribution >= 4 is 0 Å². The zero-order valence-corrected chi connectivity index (χ0v) is 10.6. The van der Waals surface area contributed by atoms with Crippen LogP contribution in [0.4, 0.5) is 0 Å². The fourth-order valence-electron chi connectivity index (χ4n) is 3.47. The van der Waals surface area contributed by atoms with Crippen LogP contribution in [0, 0.1) is 5.41 Å². The molecule has 0 aromatic rings. The molecular formula is C13H26N2. The Morgan fingerprint density at radius 1 is 1.00 bits per heavy atom. The van der Waals surface area contributed by atoms with Crippen LogP contribution < -0.4 is 0 Å². The summed E-state index contributed by atoms with van der Waals surface area (Å²) in [5.41, 5.74) is 0.634. The van der Waals surface area contributed by atoms with Crippen LogP contribution in [0.2, 0.25) is 0 Å². The van der Waals surface area contributed by atoms with Gasteiger partial charge >= 0.3 is 0 Å². The first kappa shape index (κ1) is 11.4. The van der Waals surface area contributed by atoms with Gasteiger partial charge in [0.2, 0.25) is 0 Å². The van der Waals surface area contributed by atoms with Crippen LogP contribution in [0.3, 0.4) is 0 Å². The van der Waals surface area contributed by atoms with Gasteiger partial charge in [0.15, 0.2) is 0 Å². The summed E-state index contributed by atoms with van der Waals surface area (Å²) in [6, 6.07) is 0.731. The first-order valence-electron chi connectivity index (χ1n) is 6.54. The van der Waals surface area contributed by atoms with Crippen molar-refractivity contribution in [3.05, 3.63) is 0 Å². The minimum absolute atomic E-state index is 0.634. The van der Waals surface area contributed by atoms with E-state index in [4.69, 9.17) is 0 Å². The van der Waals surface area contributed by atoms with Gasteiger partial charge in [-0.05, 0) is 65.1 Å². The lowest BCUT2D eigenvalue weighted by Crippen LogP contribution is -2.52. The van der Waals surface area contributed by atoms with E-state index in [0.29, 0.717) is 5.41 Å². The molecular weight excluding hydrogens is 184 g/mol. The second-order valence-corrected chi connectivity index (χ2v) is 6.01. The summed E-state index contributed by atoms with van der Waals surface area (Å²) < 4.78 is 0. The highest BCUT2D eigenvalue weighted by Crippen LogP contribution is 2.38. The largest absolute Gasteiger partial charge is 0.306 e. The highest BCUT2D eigenvalue weighted by molar-refractivity contribution is 4.92. The second kappa shape index (κ2) is 4.42. The summed E-state index contributed by atoms with van der Waals surface area (Å²) in [5, 5.41) is 0. The van der Waals surface area contributed by atoms with Crippen molar-refractivity contribution in [3.63, 3.8) is 0 Å². The van der Waals surface area contributed by atoms with Gasteiger partial charge in [0, 0.05) is 19.1 Å². The molecule has 0 bridgehead atoms. The monoisotopic (exact) mass is 210 g/mol. The van der Waals surface area contributed by atoms with Crippen molar-refractivity contribution in [2.24, 2.45) is 5.41 Å². The summed E-state index contributed by atoms with van der Waals surface area (Å²) >= 11 is 0. The number of likely N-dealkylation sites (tertiary alicyclic amines) is 2. The van der Waals surface area contributed by atoms with Crippen molar-refractivity contribution in [1.29, 1.82) is 0 Å². The standard InChI is InChI=1S/C13H26N2/c1-12(2)15-9-5-7-13(11-15)6-4-8-14(3)10-13/h12H,4-11H2,1-3H3. The number of hydrogen-bond donors (Lipinski definition) is 0. The minimum atomic E-state index is 0.634. The summed E-state index contributed by atoms with van der Waals surface area (Å²) in [7, 11) is 2.29. The fraction of sp³-hybridized carbons (Fsp3) is 1.00. The molecule has 2 aliphatic rings. The van der Waals surface area contributed by atoms with Crippen LogP contribution >= 0.6 is 0 Å². The lowest BCUT2D eigenvalue weighted by Gasteiger charge is -2.49. The maximum Gasteiger partial charge on any atom is 0.00530 e. The molecule has 0 aromatic carbocycles. The third-order valence-corrected chi connectivity index (χ3v) is 4.27. The average molecular weight is 210 g/mol. The molecule has 1 unspecified atom stereocenters. The highest BCUT2D eigenvalue weighted by Gasteiger charge is 2.38. The molecule has 0 aromatic heterocycles. The lowest BCUT2D eigenvalue weighted by molar-refractivity contribution is 0.0107. The Kier molecular flexibility index (Phi) is 3.36. The van der Waals surface area contributed by atoms with Crippen molar-refractivity contribution in [3.8, 4) is 0 Å². The van der Waals surface area contributed by atoms with Crippen molar-refractivity contribution in [2.75, 3.05) is 33.2 Å². The van der Waals surface area contributed by atoms with E-state index in [2.05, 4.69) is 30.7 Å². The van der Waals surface area contributed by atoms with Crippen LogP contribution in [-0.2, 0) is 0 Å². The molecule has 2 saturated heterocycles. The molecule has 2 rings (SSSR count). The van der Waals surface area contributed by atoms with Gasteiger partial charge < -0.3 is 9.80 Å². The van der Waals surface area contributed by atoms with E-state index >= 15 is 0 Å². The van der Waals surface area contributed by atoms with Gasteiger partial charge in [0.05, 0.1) is 0 Å². The van der Waals surface area contributed by atoms with Gasteiger partial charge in [-0.25, -0.2) is 0 Å². The smallest absolute Gasteiger partial charge is 0.00530 e. The summed E-state index contributed by atoms with van der Waals surface area (Å²) in [5.74, 6) is 0. The number of rotatable bonds is 1. The zero-order valence-electron chi connectivity index (χ0n) is 10.6. The first-order chi connectivity index (χ1) is 7.11. The maximum atomic E-state index is 2.68. The Balaban J connectivity index is 2.01. The van der Waals surface area contributed by atoms with Crippen LogP contribution in [0.25, 0.3) is 0 Å². The summed E-state index contributed by atoms with van der Waals surface area (Å²) in [4.78, 5) is 5.22. The average Bonchev–Trinajstić information content (AvgIpc) is 2.17. The molecule has 0 aliphatic carbocycles. The molecule has 2 heterocycles. The van der Waals surface area contributed by atoms with E-state index in [1.165, 1.54) is 51.9 Å². The molecule has 0 saturated carbocycles. The maximum absolute atomic E-state index is 2.68. The van der Waals surface area contributed by atoms with E-state index in [0.717, 1.165) is 6.04 Å². The first-order valence-corrected chi connectivity index (χ1v) is 6.54. The van der Waals surface area contributed by atoms with E-state index < -0.39 is 0 Å². The van der Waals surface area contributed by atoms with Gasteiger partial charge in [-0.15, -0.1) is 0 Å². The third-order valence-electron chi connectivity index (χ3n) is 4.27. The molecule has 2 nitrogen and oxygen atoms in total. The fourth-order valence-corrected chi connectivity index (χ4v) is 3.47. The quantitative estimate of drug-likeness (QED) is 0.655. The minimum Gasteiger partial charge on any atom is -0.306 e. The molecule has 88 valence electrons. The van der Waals surface area contributed by atoms with E-state index in [1.807, 2.05) is 0 Å². The summed E-state index contributed by atoms with van der Waals surface area (Å²) in [6.45, 7) is 9.98. The molecule has 0 amide bonds. The van der Waals surface area contributed by atoms with Crippen LogP contribution in [-0.4, -0.2) is 49.1 Å². The predicted octanol–water partition coefficient (Wildman–Crippen LogP) is 2.20. The second-order valence-electron chi connectivity index (χ2n) is 6.01. The van der Waals surface area contributed by atoms with Crippen LogP contribution in [0.15, 0.2) is 0 Å². The number of nitrogens with zero attached hydrogens (tertiary/aromatic N) is 2. The number of hydrogen-bond acceptors (Lipinski definition) is 2. The van der Waals surface area contributed by atoms with Crippen LogP contribution in [0.1, 0.15) is 39.5 Å². The van der Waals surface area contributed by atoms with Crippen molar-refractivity contribution in [2.45, 2.75) is 45.6 Å². The summed E-state index contributed by atoms with van der Waals surface area (Å²) in [6.07, 6.45) is 5.73. The molecule has 15 heavy (non-hydrogen) atoms. The Hall–Kier alpha value is -0.0800. The molecule has 2 fully saturated rings. The van der Waals surface area contributed by atoms with Crippen molar-refractivity contribution in [1.82, 2.24) is 9.80 Å². The lowest BCUT2D eigenvalue weighted by atomic mass is 9.73.